The standard InChI is InChI=1S/C17H23N3O2S/c1-12-11-23-17(18-12)19-15(21)13-7-9-20(10-8-13)16(22)14-5-3-2-4-6-14/h2-3,11,13-14H,4-10H2,1H3,(H,18,19,21)/t14-/m0/s1. The summed E-state index contributed by atoms with van der Waals surface area (Å²) in [6, 6.07) is 0. The summed E-state index contributed by atoms with van der Waals surface area (Å²) in [5.74, 6) is 0.425. The van der Waals surface area contributed by atoms with Gasteiger partial charge in [0.15, 0.2) is 5.13 Å². The van der Waals surface area contributed by atoms with Crippen molar-refractivity contribution in [3.8, 4) is 0 Å². The molecule has 1 aliphatic carbocycles. The van der Waals surface area contributed by atoms with Crippen LogP contribution in [0.3, 0.4) is 0 Å². The summed E-state index contributed by atoms with van der Waals surface area (Å²) < 4.78 is 0. The van der Waals surface area contributed by atoms with Crippen molar-refractivity contribution in [2.75, 3.05) is 18.4 Å². The Hall–Kier alpha value is -1.69. The van der Waals surface area contributed by atoms with E-state index in [4.69, 9.17) is 0 Å². The predicted molar refractivity (Wildman–Crippen MR) is 91.3 cm³/mol. The minimum Gasteiger partial charge on any atom is -0.342 e. The van der Waals surface area contributed by atoms with Crippen molar-refractivity contribution in [1.29, 1.82) is 0 Å². The summed E-state index contributed by atoms with van der Waals surface area (Å²) in [4.78, 5) is 31.0. The fraction of sp³-hybridized carbons (Fsp3) is 0.588. The van der Waals surface area contributed by atoms with Crippen LogP contribution in [0.2, 0.25) is 0 Å². The number of aryl methyl sites for hydroxylation is 1. The maximum Gasteiger partial charge on any atom is 0.229 e. The monoisotopic (exact) mass is 333 g/mol. The van der Waals surface area contributed by atoms with Crippen LogP contribution in [0, 0.1) is 18.8 Å². The Morgan fingerprint density at radius 2 is 2.00 bits per heavy atom. The number of anilines is 1. The van der Waals surface area contributed by atoms with Gasteiger partial charge in [-0.05, 0) is 39.0 Å². The minimum atomic E-state index is -0.0190. The number of thiazole rings is 1. The number of carbonyl (C=O) groups excluding carboxylic acids is 2. The van der Waals surface area contributed by atoms with Crippen molar-refractivity contribution in [3.05, 3.63) is 23.2 Å². The molecule has 0 aromatic carbocycles. The number of nitrogens with zero attached hydrogens (tertiary/aromatic N) is 2. The largest absolute Gasteiger partial charge is 0.342 e. The van der Waals surface area contributed by atoms with E-state index >= 15 is 0 Å². The highest BCUT2D eigenvalue weighted by Gasteiger charge is 2.30. The molecule has 1 atom stereocenters. The molecule has 1 aromatic heterocycles. The first-order chi connectivity index (χ1) is 11.1. The number of hydrogen-bond donors (Lipinski definition) is 1. The maximum absolute atomic E-state index is 12.5. The summed E-state index contributed by atoms with van der Waals surface area (Å²) in [5.41, 5.74) is 0.923. The number of carbonyl (C=O) groups is 2. The van der Waals surface area contributed by atoms with Crippen LogP contribution in [-0.4, -0.2) is 34.8 Å². The predicted octanol–water partition coefficient (Wildman–Crippen LogP) is 2.98. The van der Waals surface area contributed by atoms with Gasteiger partial charge in [-0.2, -0.15) is 0 Å². The van der Waals surface area contributed by atoms with Crippen molar-refractivity contribution in [3.63, 3.8) is 0 Å². The zero-order valence-corrected chi connectivity index (χ0v) is 14.3. The normalized spacial score (nSPS) is 22.1. The molecular weight excluding hydrogens is 310 g/mol. The van der Waals surface area contributed by atoms with Gasteiger partial charge in [0.05, 0.1) is 5.69 Å². The molecule has 2 amide bonds. The van der Waals surface area contributed by atoms with Crippen molar-refractivity contribution < 1.29 is 9.59 Å². The molecule has 1 aromatic rings. The fourth-order valence-corrected chi connectivity index (χ4v) is 3.95. The smallest absolute Gasteiger partial charge is 0.229 e. The molecule has 5 nitrogen and oxygen atoms in total. The second kappa shape index (κ2) is 7.25. The Balaban J connectivity index is 1.48. The van der Waals surface area contributed by atoms with E-state index in [0.717, 1.165) is 37.8 Å². The number of allylic oxidation sites excluding steroid dienone is 2. The Morgan fingerprint density at radius 1 is 1.22 bits per heavy atom. The SMILES string of the molecule is Cc1csc(NC(=O)C2CCN(C(=O)[C@H]3CC=CCC3)CC2)n1. The number of hydrogen-bond acceptors (Lipinski definition) is 4. The number of nitrogens with one attached hydrogen (secondary N) is 1. The number of rotatable bonds is 3. The van der Waals surface area contributed by atoms with Gasteiger partial charge in [-0.3, -0.25) is 9.59 Å². The zero-order valence-electron chi connectivity index (χ0n) is 13.5. The second-order valence-electron chi connectivity index (χ2n) is 6.36. The van der Waals surface area contributed by atoms with Crippen LogP contribution in [-0.2, 0) is 9.59 Å². The molecule has 1 aliphatic heterocycles. The first-order valence-corrected chi connectivity index (χ1v) is 9.18. The average Bonchev–Trinajstić information content (AvgIpc) is 3.00. The van der Waals surface area contributed by atoms with Gasteiger partial charge >= 0.3 is 0 Å². The lowest BCUT2D eigenvalue weighted by Gasteiger charge is -2.34. The molecule has 6 heteroatoms. The molecule has 3 rings (SSSR count). The van der Waals surface area contributed by atoms with Gasteiger partial charge in [0.2, 0.25) is 11.8 Å². The third-order valence-electron chi connectivity index (χ3n) is 4.64. The van der Waals surface area contributed by atoms with Crippen LogP contribution < -0.4 is 5.32 Å². The first kappa shape index (κ1) is 16.2. The average molecular weight is 333 g/mol. The van der Waals surface area contributed by atoms with Gasteiger partial charge in [0.25, 0.3) is 0 Å². The van der Waals surface area contributed by atoms with Gasteiger partial charge < -0.3 is 10.2 Å². The van der Waals surface area contributed by atoms with Gasteiger partial charge in [0.1, 0.15) is 0 Å². The Bertz CT molecular complexity index is 603. The molecule has 0 spiro atoms. The summed E-state index contributed by atoms with van der Waals surface area (Å²) in [6.45, 7) is 3.29. The van der Waals surface area contributed by atoms with Crippen LogP contribution >= 0.6 is 11.3 Å². The molecule has 1 saturated heterocycles. The molecule has 0 unspecified atom stereocenters. The summed E-state index contributed by atoms with van der Waals surface area (Å²) in [7, 11) is 0. The van der Waals surface area contributed by atoms with E-state index in [2.05, 4.69) is 22.5 Å². The highest BCUT2D eigenvalue weighted by molar-refractivity contribution is 7.13. The zero-order chi connectivity index (χ0) is 16.2. The van der Waals surface area contributed by atoms with Crippen molar-refractivity contribution >= 4 is 28.3 Å². The van der Waals surface area contributed by atoms with E-state index in [-0.39, 0.29) is 23.7 Å². The summed E-state index contributed by atoms with van der Waals surface area (Å²) >= 11 is 1.45. The molecule has 0 bridgehead atoms. The number of aromatic nitrogens is 1. The van der Waals surface area contributed by atoms with Crippen molar-refractivity contribution in [1.82, 2.24) is 9.88 Å². The summed E-state index contributed by atoms with van der Waals surface area (Å²) in [6.07, 6.45) is 8.57. The topological polar surface area (TPSA) is 62.3 Å². The number of piperidine rings is 1. The second-order valence-corrected chi connectivity index (χ2v) is 7.22. The molecule has 2 heterocycles. The molecule has 2 aliphatic rings. The molecule has 1 N–H and O–H groups in total. The summed E-state index contributed by atoms with van der Waals surface area (Å²) in [5, 5.41) is 5.49. The Labute approximate surface area is 140 Å². The highest BCUT2D eigenvalue weighted by atomic mass is 32.1. The molecule has 1 fully saturated rings. The number of likely N-dealkylation sites (tertiary alicyclic amines) is 1. The van der Waals surface area contributed by atoms with E-state index < -0.39 is 0 Å². The van der Waals surface area contributed by atoms with Gasteiger partial charge in [0, 0.05) is 30.3 Å². The third kappa shape index (κ3) is 3.99. The molecule has 0 saturated carbocycles. The van der Waals surface area contributed by atoms with E-state index in [1.165, 1.54) is 11.3 Å². The van der Waals surface area contributed by atoms with E-state index in [0.29, 0.717) is 18.2 Å². The lowest BCUT2D eigenvalue weighted by Crippen LogP contribution is -2.44. The molecule has 0 radical (unpaired) electrons. The van der Waals surface area contributed by atoms with Gasteiger partial charge in [-0.25, -0.2) is 4.98 Å². The molecule has 23 heavy (non-hydrogen) atoms. The lowest BCUT2D eigenvalue weighted by molar-refractivity contribution is -0.138. The van der Waals surface area contributed by atoms with E-state index in [1.54, 1.807) is 0 Å². The van der Waals surface area contributed by atoms with E-state index in [9.17, 15) is 9.59 Å². The van der Waals surface area contributed by atoms with Crippen LogP contribution in [0.1, 0.15) is 37.8 Å². The maximum atomic E-state index is 12.5. The quantitative estimate of drug-likeness (QED) is 0.865. The van der Waals surface area contributed by atoms with Crippen molar-refractivity contribution in [2.45, 2.75) is 39.0 Å². The third-order valence-corrected chi connectivity index (χ3v) is 5.52. The van der Waals surface area contributed by atoms with Crippen LogP contribution in [0.5, 0.6) is 0 Å². The van der Waals surface area contributed by atoms with E-state index in [1.807, 2.05) is 17.2 Å². The van der Waals surface area contributed by atoms with Crippen LogP contribution in [0.25, 0.3) is 0 Å². The van der Waals surface area contributed by atoms with Gasteiger partial charge in [-0.1, -0.05) is 12.2 Å². The number of amides is 2. The van der Waals surface area contributed by atoms with Crippen LogP contribution in [0.15, 0.2) is 17.5 Å². The lowest BCUT2D eigenvalue weighted by atomic mass is 9.90. The molecular formula is C17H23N3O2S. The van der Waals surface area contributed by atoms with Crippen LogP contribution in [0.4, 0.5) is 5.13 Å². The fourth-order valence-electron chi connectivity index (χ4n) is 3.26. The minimum absolute atomic E-state index is 0.0190. The first-order valence-electron chi connectivity index (χ1n) is 8.30. The van der Waals surface area contributed by atoms with Gasteiger partial charge in [-0.15, -0.1) is 11.3 Å². The Kier molecular flexibility index (Phi) is 5.10. The van der Waals surface area contributed by atoms with Crippen molar-refractivity contribution in [2.24, 2.45) is 11.8 Å². The molecule has 124 valence electrons. The Morgan fingerprint density at radius 3 is 2.61 bits per heavy atom. The highest BCUT2D eigenvalue weighted by Crippen LogP contribution is 2.25.